The molecule has 9 heteroatoms. The molecule has 146 valence electrons. The van der Waals surface area contributed by atoms with Crippen molar-refractivity contribution in [1.82, 2.24) is 29.9 Å². The zero-order valence-corrected chi connectivity index (χ0v) is 16.5. The van der Waals surface area contributed by atoms with E-state index in [-0.39, 0.29) is 5.75 Å². The first-order valence-electron chi connectivity index (χ1n) is 9.30. The third kappa shape index (κ3) is 3.61. The lowest BCUT2D eigenvalue weighted by atomic mass is 10.1. The van der Waals surface area contributed by atoms with Gasteiger partial charge in [-0.1, -0.05) is 28.5 Å². The Morgan fingerprint density at radius 1 is 1.17 bits per heavy atom. The molecule has 1 saturated carbocycles. The van der Waals surface area contributed by atoms with Gasteiger partial charge in [0.25, 0.3) is 5.89 Å². The van der Waals surface area contributed by atoms with Gasteiger partial charge in [0.05, 0.1) is 11.3 Å². The van der Waals surface area contributed by atoms with Crippen LogP contribution in [0.25, 0.3) is 22.8 Å². The molecule has 29 heavy (non-hydrogen) atoms. The zero-order valence-electron chi connectivity index (χ0n) is 15.7. The minimum absolute atomic E-state index is 0.119. The monoisotopic (exact) mass is 406 g/mol. The number of hydrogen-bond donors (Lipinski definition) is 1. The van der Waals surface area contributed by atoms with Crippen LogP contribution in [-0.2, 0) is 5.75 Å². The lowest BCUT2D eigenvalue weighted by Gasteiger charge is -2.07. The number of hydrogen-bond acceptors (Lipinski definition) is 8. The number of pyridine rings is 1. The summed E-state index contributed by atoms with van der Waals surface area (Å²) in [6.07, 6.45) is 5.77. The van der Waals surface area contributed by atoms with Crippen molar-refractivity contribution < 1.29 is 9.63 Å². The predicted molar refractivity (Wildman–Crippen MR) is 107 cm³/mol. The molecule has 8 nitrogen and oxygen atoms in total. The fraction of sp³-hybridized carbons (Fsp3) is 0.250. The molecule has 1 fully saturated rings. The van der Waals surface area contributed by atoms with E-state index in [1.165, 1.54) is 11.8 Å². The van der Waals surface area contributed by atoms with Crippen LogP contribution in [0.1, 0.15) is 30.3 Å². The van der Waals surface area contributed by atoms with Gasteiger partial charge in [0.2, 0.25) is 0 Å². The van der Waals surface area contributed by atoms with Crippen LogP contribution in [0.2, 0.25) is 0 Å². The first-order chi connectivity index (χ1) is 14.2. The van der Waals surface area contributed by atoms with Crippen LogP contribution in [0.4, 0.5) is 0 Å². The Kier molecular flexibility index (Phi) is 4.51. The second-order valence-electron chi connectivity index (χ2n) is 6.97. The Bertz CT molecular complexity index is 1150. The van der Waals surface area contributed by atoms with Crippen LogP contribution in [0.15, 0.2) is 52.4 Å². The molecule has 5 rings (SSSR count). The topological polar surface area (TPSA) is 103 Å². The number of nitrogens with zero attached hydrogens (tertiary/aromatic N) is 6. The van der Waals surface area contributed by atoms with Crippen LogP contribution in [0.5, 0.6) is 5.75 Å². The van der Waals surface area contributed by atoms with Gasteiger partial charge < -0.3 is 9.63 Å². The van der Waals surface area contributed by atoms with Crippen molar-refractivity contribution in [3.8, 4) is 28.6 Å². The van der Waals surface area contributed by atoms with Crippen LogP contribution < -0.4 is 0 Å². The van der Waals surface area contributed by atoms with Gasteiger partial charge in [-0.05, 0) is 44.0 Å². The van der Waals surface area contributed by atoms with E-state index in [4.69, 9.17) is 4.52 Å². The van der Waals surface area contributed by atoms with Gasteiger partial charge in [-0.3, -0.25) is 9.55 Å². The summed E-state index contributed by atoms with van der Waals surface area (Å²) in [5.74, 6) is 2.33. The second kappa shape index (κ2) is 7.32. The summed E-state index contributed by atoms with van der Waals surface area (Å²) >= 11 is 1.53. The molecule has 0 unspecified atom stereocenters. The smallest absolute Gasteiger partial charge is 0.261 e. The summed E-state index contributed by atoms with van der Waals surface area (Å²) in [5.41, 5.74) is 2.55. The first-order valence-corrected chi connectivity index (χ1v) is 10.3. The third-order valence-electron chi connectivity index (χ3n) is 4.70. The Balaban J connectivity index is 1.37. The summed E-state index contributed by atoms with van der Waals surface area (Å²) in [5, 5.41) is 23.7. The van der Waals surface area contributed by atoms with Crippen LogP contribution in [0, 0.1) is 6.92 Å². The molecule has 0 atom stereocenters. The molecule has 4 aromatic rings. The molecule has 1 N–H and O–H groups in total. The highest BCUT2D eigenvalue weighted by molar-refractivity contribution is 7.98. The highest BCUT2D eigenvalue weighted by atomic mass is 32.2. The van der Waals surface area contributed by atoms with Gasteiger partial charge in [-0.25, -0.2) is 0 Å². The van der Waals surface area contributed by atoms with Gasteiger partial charge in [-0.2, -0.15) is 4.98 Å². The number of phenolic OH excluding ortho intramolecular Hbond substituents is 1. The van der Waals surface area contributed by atoms with E-state index in [1.54, 1.807) is 18.5 Å². The van der Waals surface area contributed by atoms with Crippen molar-refractivity contribution in [2.45, 2.75) is 36.7 Å². The van der Waals surface area contributed by atoms with E-state index in [1.807, 2.05) is 31.2 Å². The third-order valence-corrected chi connectivity index (χ3v) is 5.64. The number of thioether (sulfide) groups is 1. The van der Waals surface area contributed by atoms with Gasteiger partial charge in [-0.15, -0.1) is 10.2 Å². The lowest BCUT2D eigenvalue weighted by Crippen LogP contribution is -2.00. The Hall–Kier alpha value is -3.20. The minimum Gasteiger partial charge on any atom is -0.507 e. The second-order valence-corrected chi connectivity index (χ2v) is 7.91. The molecule has 0 bridgehead atoms. The van der Waals surface area contributed by atoms with E-state index in [9.17, 15) is 5.11 Å². The normalized spacial score (nSPS) is 13.7. The maximum absolute atomic E-state index is 10.1. The van der Waals surface area contributed by atoms with Crippen molar-refractivity contribution in [3.05, 3.63) is 54.1 Å². The summed E-state index contributed by atoms with van der Waals surface area (Å²) in [6.45, 7) is 1.95. The molecule has 0 spiro atoms. The molecule has 3 aromatic heterocycles. The molecule has 0 saturated heterocycles. The average Bonchev–Trinajstić information content (AvgIpc) is 3.31. The standard InChI is InChI=1S/C20H18N6O2S/c1-12-2-5-16(27)15(10-12)19-22-17(25-28-19)11-29-20-24-23-18(26(20)14-3-4-14)13-6-8-21-9-7-13/h2,5-10,14,27H,3-4,11H2,1H3. The van der Waals surface area contributed by atoms with Crippen molar-refractivity contribution in [3.63, 3.8) is 0 Å². The summed E-state index contributed by atoms with van der Waals surface area (Å²) in [6, 6.07) is 9.60. The maximum atomic E-state index is 10.1. The summed E-state index contributed by atoms with van der Waals surface area (Å²) in [7, 11) is 0. The maximum Gasteiger partial charge on any atom is 0.261 e. The minimum atomic E-state index is 0.119. The number of aryl methyl sites for hydroxylation is 1. The molecule has 1 aliphatic rings. The quantitative estimate of drug-likeness (QED) is 0.479. The molecule has 3 heterocycles. The highest BCUT2D eigenvalue weighted by Crippen LogP contribution is 2.41. The van der Waals surface area contributed by atoms with Gasteiger partial charge >= 0.3 is 0 Å². The highest BCUT2D eigenvalue weighted by Gasteiger charge is 2.30. The average molecular weight is 406 g/mol. The van der Waals surface area contributed by atoms with Crippen LogP contribution in [-0.4, -0.2) is 35.0 Å². The van der Waals surface area contributed by atoms with Crippen LogP contribution >= 0.6 is 11.8 Å². The molecular weight excluding hydrogens is 388 g/mol. The number of rotatable bonds is 6. The summed E-state index contributed by atoms with van der Waals surface area (Å²) < 4.78 is 7.54. The van der Waals surface area contributed by atoms with E-state index in [2.05, 4.69) is 29.9 Å². The van der Waals surface area contributed by atoms with Crippen molar-refractivity contribution in [2.75, 3.05) is 0 Å². The molecule has 1 aliphatic carbocycles. The Morgan fingerprint density at radius 2 is 2.00 bits per heavy atom. The predicted octanol–water partition coefficient (Wildman–Crippen LogP) is 4.03. The summed E-state index contributed by atoms with van der Waals surface area (Å²) in [4.78, 5) is 8.50. The van der Waals surface area contributed by atoms with Crippen molar-refractivity contribution >= 4 is 11.8 Å². The largest absolute Gasteiger partial charge is 0.507 e. The van der Waals surface area contributed by atoms with E-state index in [0.29, 0.717) is 29.1 Å². The number of aromatic hydroxyl groups is 1. The molecular formula is C20H18N6O2S. The number of benzene rings is 1. The molecule has 1 aromatic carbocycles. The lowest BCUT2D eigenvalue weighted by molar-refractivity contribution is 0.419. The Labute approximate surface area is 171 Å². The fourth-order valence-corrected chi connectivity index (χ4v) is 3.96. The fourth-order valence-electron chi connectivity index (χ4n) is 3.11. The first kappa shape index (κ1) is 17.9. The number of phenols is 1. The van der Waals surface area contributed by atoms with Gasteiger partial charge in [0, 0.05) is 24.0 Å². The van der Waals surface area contributed by atoms with Crippen LogP contribution in [0.3, 0.4) is 0 Å². The van der Waals surface area contributed by atoms with Crippen molar-refractivity contribution in [2.24, 2.45) is 0 Å². The van der Waals surface area contributed by atoms with E-state index >= 15 is 0 Å². The molecule has 0 radical (unpaired) electrons. The van der Waals surface area contributed by atoms with Crippen molar-refractivity contribution in [1.29, 1.82) is 0 Å². The van der Waals surface area contributed by atoms with Gasteiger partial charge in [0.1, 0.15) is 5.75 Å². The SMILES string of the molecule is Cc1ccc(O)c(-c2nc(CSc3nnc(-c4ccncc4)n3C3CC3)no2)c1. The van der Waals surface area contributed by atoms with Gasteiger partial charge in [0.15, 0.2) is 16.8 Å². The molecule has 0 aliphatic heterocycles. The van der Waals surface area contributed by atoms with E-state index < -0.39 is 0 Å². The molecule has 0 amide bonds. The Morgan fingerprint density at radius 3 is 2.79 bits per heavy atom. The number of aromatic nitrogens is 6. The zero-order chi connectivity index (χ0) is 19.8. The van der Waals surface area contributed by atoms with E-state index in [0.717, 1.165) is 34.9 Å².